The van der Waals surface area contributed by atoms with Crippen LogP contribution in [0.4, 0.5) is 10.1 Å². The molecule has 5 nitrogen and oxygen atoms in total. The lowest BCUT2D eigenvalue weighted by atomic mass is 10.2. The van der Waals surface area contributed by atoms with Crippen LogP contribution in [-0.4, -0.2) is 15.7 Å². The number of aromatic nitrogens is 2. The second-order valence-electron chi connectivity index (χ2n) is 5.32. The number of anilines is 1. The molecule has 0 saturated heterocycles. The van der Waals surface area contributed by atoms with Gasteiger partial charge < -0.3 is 5.32 Å². The summed E-state index contributed by atoms with van der Waals surface area (Å²) in [6.45, 7) is 6.86. The van der Waals surface area contributed by atoms with Crippen LogP contribution in [0.2, 0.25) is 0 Å². The number of carbonyl (C=O) groups is 1. The van der Waals surface area contributed by atoms with Crippen molar-refractivity contribution in [1.29, 1.82) is 0 Å². The van der Waals surface area contributed by atoms with Gasteiger partial charge in [0.15, 0.2) is 0 Å². The Morgan fingerprint density at radius 1 is 1.23 bits per heavy atom. The van der Waals surface area contributed by atoms with Gasteiger partial charge in [0.1, 0.15) is 11.9 Å². The number of nitrogens with zero attached hydrogens (tertiary/aromatic N) is 2. The fourth-order valence-corrected chi connectivity index (χ4v) is 2.04. The number of benzene rings is 1. The number of rotatable bonds is 3. The van der Waals surface area contributed by atoms with Crippen molar-refractivity contribution in [3.05, 3.63) is 57.3 Å². The summed E-state index contributed by atoms with van der Waals surface area (Å²) in [6.07, 6.45) is 0. The first kappa shape index (κ1) is 15.9. The van der Waals surface area contributed by atoms with Crippen molar-refractivity contribution in [1.82, 2.24) is 9.78 Å². The molecular formula is C16H18FN3O2. The standard InChI is InChI=1S/C16H18FN3O2/c1-9-8-15(21)20(19-11(9)3)12(4)16(22)18-14-6-5-13(17)7-10(14)2/h5-8,12H,1-4H3,(H,18,22). The fourth-order valence-electron chi connectivity index (χ4n) is 2.04. The minimum atomic E-state index is -0.767. The van der Waals surface area contributed by atoms with E-state index in [1.807, 2.05) is 0 Å². The van der Waals surface area contributed by atoms with Crippen LogP contribution in [-0.2, 0) is 4.79 Å². The Morgan fingerprint density at radius 2 is 1.91 bits per heavy atom. The summed E-state index contributed by atoms with van der Waals surface area (Å²) in [4.78, 5) is 24.3. The Hall–Kier alpha value is -2.50. The van der Waals surface area contributed by atoms with Crippen molar-refractivity contribution in [2.24, 2.45) is 0 Å². The van der Waals surface area contributed by atoms with Crippen LogP contribution < -0.4 is 10.9 Å². The van der Waals surface area contributed by atoms with Gasteiger partial charge in [0.25, 0.3) is 5.56 Å². The highest BCUT2D eigenvalue weighted by Crippen LogP contribution is 2.17. The predicted octanol–water partition coefficient (Wildman–Crippen LogP) is 2.51. The average Bonchev–Trinajstić information content (AvgIpc) is 2.45. The molecule has 1 amide bonds. The Morgan fingerprint density at radius 3 is 2.55 bits per heavy atom. The number of amides is 1. The maximum atomic E-state index is 13.1. The van der Waals surface area contributed by atoms with Gasteiger partial charge in [-0.2, -0.15) is 5.10 Å². The van der Waals surface area contributed by atoms with E-state index in [4.69, 9.17) is 0 Å². The monoisotopic (exact) mass is 303 g/mol. The number of hydrogen-bond donors (Lipinski definition) is 1. The summed E-state index contributed by atoms with van der Waals surface area (Å²) in [5, 5.41) is 6.85. The van der Waals surface area contributed by atoms with Gasteiger partial charge in [0.05, 0.1) is 5.69 Å². The fraction of sp³-hybridized carbons (Fsp3) is 0.312. The van der Waals surface area contributed by atoms with E-state index in [0.29, 0.717) is 16.9 Å². The van der Waals surface area contributed by atoms with Crippen molar-refractivity contribution < 1.29 is 9.18 Å². The van der Waals surface area contributed by atoms with Gasteiger partial charge in [-0.25, -0.2) is 9.07 Å². The molecule has 0 spiro atoms. The highest BCUT2D eigenvalue weighted by atomic mass is 19.1. The number of carbonyl (C=O) groups excluding carboxylic acids is 1. The molecular weight excluding hydrogens is 285 g/mol. The van der Waals surface area contributed by atoms with Crippen LogP contribution in [0.15, 0.2) is 29.1 Å². The Labute approximate surface area is 127 Å². The van der Waals surface area contributed by atoms with E-state index >= 15 is 0 Å². The van der Waals surface area contributed by atoms with Crippen LogP contribution in [0.3, 0.4) is 0 Å². The van der Waals surface area contributed by atoms with E-state index in [1.165, 1.54) is 24.3 Å². The van der Waals surface area contributed by atoms with Gasteiger partial charge in [0.2, 0.25) is 5.91 Å². The van der Waals surface area contributed by atoms with Crippen molar-refractivity contribution in [2.75, 3.05) is 5.32 Å². The van der Waals surface area contributed by atoms with E-state index in [-0.39, 0.29) is 17.3 Å². The van der Waals surface area contributed by atoms with Gasteiger partial charge in [-0.05, 0) is 57.0 Å². The smallest absolute Gasteiger partial charge is 0.267 e. The molecule has 0 fully saturated rings. The molecule has 1 aromatic heterocycles. The van der Waals surface area contributed by atoms with Crippen LogP contribution in [0, 0.1) is 26.6 Å². The van der Waals surface area contributed by atoms with E-state index in [1.54, 1.807) is 27.7 Å². The van der Waals surface area contributed by atoms with Crippen LogP contribution in [0.5, 0.6) is 0 Å². The van der Waals surface area contributed by atoms with Crippen LogP contribution >= 0.6 is 0 Å². The van der Waals surface area contributed by atoms with Gasteiger partial charge in [-0.3, -0.25) is 9.59 Å². The molecule has 22 heavy (non-hydrogen) atoms. The topological polar surface area (TPSA) is 64.0 Å². The molecule has 116 valence electrons. The third kappa shape index (κ3) is 3.21. The normalized spacial score (nSPS) is 12.0. The van der Waals surface area contributed by atoms with E-state index in [0.717, 1.165) is 10.2 Å². The molecule has 1 unspecified atom stereocenters. The molecule has 0 bridgehead atoms. The number of nitrogens with one attached hydrogen (secondary N) is 1. The van der Waals surface area contributed by atoms with Gasteiger partial charge in [-0.1, -0.05) is 0 Å². The first-order chi connectivity index (χ1) is 10.3. The first-order valence-electron chi connectivity index (χ1n) is 6.93. The zero-order chi connectivity index (χ0) is 16.4. The lowest BCUT2D eigenvalue weighted by Gasteiger charge is -2.16. The molecule has 0 aliphatic heterocycles. The predicted molar refractivity (Wildman–Crippen MR) is 82.4 cm³/mol. The maximum absolute atomic E-state index is 13.1. The number of halogens is 1. The van der Waals surface area contributed by atoms with Crippen LogP contribution in [0.25, 0.3) is 0 Å². The zero-order valence-electron chi connectivity index (χ0n) is 13.0. The summed E-state index contributed by atoms with van der Waals surface area (Å²) in [5.41, 5.74) is 2.26. The molecule has 2 aromatic rings. The molecule has 1 heterocycles. The summed E-state index contributed by atoms with van der Waals surface area (Å²) in [5.74, 6) is -0.747. The Bertz CT molecular complexity index is 783. The Kier molecular flexibility index (Phi) is 4.40. The minimum Gasteiger partial charge on any atom is -0.324 e. The first-order valence-corrected chi connectivity index (χ1v) is 6.93. The quantitative estimate of drug-likeness (QED) is 0.947. The number of aryl methyl sites for hydroxylation is 3. The lowest BCUT2D eigenvalue weighted by Crippen LogP contribution is -2.34. The second-order valence-corrected chi connectivity index (χ2v) is 5.32. The highest BCUT2D eigenvalue weighted by Gasteiger charge is 2.18. The Balaban J connectivity index is 2.26. The van der Waals surface area contributed by atoms with Crippen molar-refractivity contribution in [3.8, 4) is 0 Å². The van der Waals surface area contributed by atoms with E-state index in [9.17, 15) is 14.0 Å². The molecule has 6 heteroatoms. The maximum Gasteiger partial charge on any atom is 0.267 e. The zero-order valence-corrected chi connectivity index (χ0v) is 13.0. The van der Waals surface area contributed by atoms with Gasteiger partial charge in [0, 0.05) is 11.8 Å². The molecule has 0 radical (unpaired) electrons. The molecule has 0 saturated carbocycles. The molecule has 2 rings (SSSR count). The van der Waals surface area contributed by atoms with Gasteiger partial charge in [-0.15, -0.1) is 0 Å². The van der Waals surface area contributed by atoms with Crippen LogP contribution in [0.1, 0.15) is 29.8 Å². The number of hydrogen-bond acceptors (Lipinski definition) is 3. The van der Waals surface area contributed by atoms with Crippen molar-refractivity contribution >= 4 is 11.6 Å². The molecule has 0 aliphatic carbocycles. The average molecular weight is 303 g/mol. The lowest BCUT2D eigenvalue weighted by molar-refractivity contribution is -0.119. The third-order valence-electron chi connectivity index (χ3n) is 3.59. The molecule has 1 N–H and O–H groups in total. The summed E-state index contributed by atoms with van der Waals surface area (Å²) in [6, 6.07) is 4.78. The molecule has 0 aliphatic rings. The summed E-state index contributed by atoms with van der Waals surface area (Å²) >= 11 is 0. The minimum absolute atomic E-state index is 0.332. The largest absolute Gasteiger partial charge is 0.324 e. The highest BCUT2D eigenvalue weighted by molar-refractivity contribution is 5.94. The SMILES string of the molecule is Cc1cc(F)ccc1NC(=O)C(C)n1nc(C)c(C)cc1=O. The van der Waals surface area contributed by atoms with E-state index < -0.39 is 6.04 Å². The molecule has 1 aromatic carbocycles. The van der Waals surface area contributed by atoms with Crippen molar-refractivity contribution in [3.63, 3.8) is 0 Å². The van der Waals surface area contributed by atoms with Gasteiger partial charge >= 0.3 is 0 Å². The summed E-state index contributed by atoms with van der Waals surface area (Å²) in [7, 11) is 0. The second kappa shape index (κ2) is 6.09. The van der Waals surface area contributed by atoms with Crippen molar-refractivity contribution in [2.45, 2.75) is 33.7 Å². The molecule has 1 atom stereocenters. The summed E-state index contributed by atoms with van der Waals surface area (Å²) < 4.78 is 14.2. The third-order valence-corrected chi connectivity index (χ3v) is 3.59. The van der Waals surface area contributed by atoms with E-state index in [2.05, 4.69) is 10.4 Å².